The second-order valence-corrected chi connectivity index (χ2v) is 2.65. The fourth-order valence-electron chi connectivity index (χ4n) is 0.845. The molecule has 2 unspecified atom stereocenters. The van der Waals surface area contributed by atoms with E-state index in [0.29, 0.717) is 0 Å². The maximum absolute atomic E-state index is 10.4. The SMILES string of the molecule is CC(C(=O)O)N(C(C)C(=O)O)[N+](=O)[O-]. The summed E-state index contributed by atoms with van der Waals surface area (Å²) < 4.78 is 0. The molecule has 0 radical (unpaired) electrons. The summed E-state index contributed by atoms with van der Waals surface area (Å²) in [7, 11) is 0. The van der Waals surface area contributed by atoms with Gasteiger partial charge in [-0.2, -0.15) is 0 Å². The zero-order valence-corrected chi connectivity index (χ0v) is 7.58. The van der Waals surface area contributed by atoms with Gasteiger partial charge in [0.2, 0.25) is 0 Å². The van der Waals surface area contributed by atoms with Gasteiger partial charge in [0, 0.05) is 0 Å². The van der Waals surface area contributed by atoms with Crippen LogP contribution in [0.4, 0.5) is 0 Å². The molecular weight excluding hydrogens is 196 g/mol. The standard InChI is InChI=1S/C6H10N2O6/c1-3(5(9)10)7(8(13)14)4(2)6(11)12/h3-4H,1-2H3,(H,9,10)(H,11,12). The number of hydrogen-bond acceptors (Lipinski definition) is 4. The predicted molar refractivity (Wildman–Crippen MR) is 43.0 cm³/mol. The molecule has 0 spiro atoms. The highest BCUT2D eigenvalue weighted by Gasteiger charge is 2.37. The molecule has 8 nitrogen and oxygen atoms in total. The summed E-state index contributed by atoms with van der Waals surface area (Å²) in [5.74, 6) is -2.90. The first kappa shape index (κ1) is 12.1. The van der Waals surface area contributed by atoms with E-state index in [1.807, 2.05) is 0 Å². The second-order valence-electron chi connectivity index (χ2n) is 2.65. The molecule has 0 aliphatic rings. The third-order valence-corrected chi connectivity index (χ3v) is 1.70. The normalized spacial score (nSPS) is 14.1. The van der Waals surface area contributed by atoms with E-state index in [9.17, 15) is 19.7 Å². The van der Waals surface area contributed by atoms with Crippen LogP contribution in [-0.4, -0.2) is 44.3 Å². The lowest BCUT2D eigenvalue weighted by Gasteiger charge is -2.21. The number of aliphatic carboxylic acids is 2. The van der Waals surface area contributed by atoms with E-state index in [-0.39, 0.29) is 5.01 Å². The van der Waals surface area contributed by atoms with Gasteiger partial charge in [-0.05, 0) is 13.8 Å². The highest BCUT2D eigenvalue weighted by molar-refractivity contribution is 5.76. The monoisotopic (exact) mass is 206 g/mol. The van der Waals surface area contributed by atoms with Crippen LogP contribution in [-0.2, 0) is 9.59 Å². The highest BCUT2D eigenvalue weighted by Crippen LogP contribution is 2.06. The quantitative estimate of drug-likeness (QED) is 0.456. The maximum Gasteiger partial charge on any atom is 0.332 e. The Labute approximate surface area is 78.9 Å². The molecule has 0 saturated heterocycles. The van der Waals surface area contributed by atoms with Crippen molar-refractivity contribution in [3.05, 3.63) is 10.1 Å². The van der Waals surface area contributed by atoms with Gasteiger partial charge in [0.15, 0.2) is 17.1 Å². The van der Waals surface area contributed by atoms with E-state index < -0.39 is 29.1 Å². The molecule has 0 heterocycles. The third kappa shape index (κ3) is 2.57. The van der Waals surface area contributed by atoms with Crippen molar-refractivity contribution in [2.45, 2.75) is 25.9 Å². The smallest absolute Gasteiger partial charge is 0.332 e. The first-order valence-corrected chi connectivity index (χ1v) is 3.67. The van der Waals surface area contributed by atoms with Crippen LogP contribution in [0.1, 0.15) is 13.8 Å². The first-order valence-electron chi connectivity index (χ1n) is 3.67. The van der Waals surface area contributed by atoms with Crippen LogP contribution in [0.15, 0.2) is 0 Å². The molecule has 14 heavy (non-hydrogen) atoms. The van der Waals surface area contributed by atoms with Crippen molar-refractivity contribution in [1.29, 1.82) is 0 Å². The van der Waals surface area contributed by atoms with Crippen LogP contribution in [0, 0.1) is 10.1 Å². The van der Waals surface area contributed by atoms with Crippen LogP contribution in [0.5, 0.6) is 0 Å². The maximum atomic E-state index is 10.4. The zero-order chi connectivity index (χ0) is 11.5. The molecule has 0 saturated carbocycles. The van der Waals surface area contributed by atoms with Gasteiger partial charge in [-0.15, -0.1) is 5.01 Å². The van der Waals surface area contributed by atoms with Gasteiger partial charge in [-0.3, -0.25) is 0 Å². The topological polar surface area (TPSA) is 121 Å². The van der Waals surface area contributed by atoms with E-state index in [4.69, 9.17) is 10.2 Å². The molecule has 0 aliphatic carbocycles. The number of carbonyl (C=O) groups is 2. The molecule has 0 aromatic heterocycles. The Hall–Kier alpha value is -1.86. The van der Waals surface area contributed by atoms with Crippen molar-refractivity contribution in [3.8, 4) is 0 Å². The lowest BCUT2D eigenvalue weighted by Crippen LogP contribution is -2.51. The van der Waals surface area contributed by atoms with Gasteiger partial charge < -0.3 is 10.2 Å². The van der Waals surface area contributed by atoms with E-state index in [2.05, 4.69) is 0 Å². The van der Waals surface area contributed by atoms with E-state index >= 15 is 0 Å². The van der Waals surface area contributed by atoms with Gasteiger partial charge in [0.05, 0.1) is 0 Å². The summed E-state index contributed by atoms with van der Waals surface area (Å²) in [6, 6.07) is -2.98. The van der Waals surface area contributed by atoms with Crippen molar-refractivity contribution in [3.63, 3.8) is 0 Å². The number of nitro groups is 1. The molecule has 0 aromatic carbocycles. The van der Waals surface area contributed by atoms with Gasteiger partial charge >= 0.3 is 11.9 Å². The van der Waals surface area contributed by atoms with Crippen LogP contribution in [0.3, 0.4) is 0 Å². The minimum absolute atomic E-state index is 0.171. The van der Waals surface area contributed by atoms with Gasteiger partial charge in [-0.25, -0.2) is 19.7 Å². The summed E-state index contributed by atoms with van der Waals surface area (Å²) in [5.41, 5.74) is 0. The summed E-state index contributed by atoms with van der Waals surface area (Å²) in [5, 5.41) is 26.5. The molecule has 2 N–H and O–H groups in total. The Morgan fingerprint density at radius 3 is 1.64 bits per heavy atom. The molecule has 0 rings (SSSR count). The minimum atomic E-state index is -1.49. The third-order valence-electron chi connectivity index (χ3n) is 1.70. The van der Waals surface area contributed by atoms with Crippen molar-refractivity contribution in [1.82, 2.24) is 5.01 Å². The molecule has 0 aromatic rings. The average molecular weight is 206 g/mol. The van der Waals surface area contributed by atoms with Crippen LogP contribution >= 0.6 is 0 Å². The van der Waals surface area contributed by atoms with Gasteiger partial charge in [0.25, 0.3) is 0 Å². The molecular formula is C6H10N2O6. The second kappa shape index (κ2) is 4.40. The van der Waals surface area contributed by atoms with Crippen molar-refractivity contribution >= 4 is 11.9 Å². The lowest BCUT2D eigenvalue weighted by molar-refractivity contribution is -0.666. The van der Waals surface area contributed by atoms with Crippen LogP contribution in [0.25, 0.3) is 0 Å². The Bertz CT molecular complexity index is 245. The molecule has 0 amide bonds. The van der Waals surface area contributed by atoms with Crippen LogP contribution in [0.2, 0.25) is 0 Å². The first-order chi connectivity index (χ1) is 6.29. The summed E-state index contributed by atoms with van der Waals surface area (Å²) in [6.45, 7) is 2.09. The minimum Gasteiger partial charge on any atom is -0.480 e. The molecule has 2 atom stereocenters. The predicted octanol–water partition coefficient (Wildman–Crippen LogP) is -0.574. The Morgan fingerprint density at radius 2 is 1.50 bits per heavy atom. The Balaban J connectivity index is 4.86. The van der Waals surface area contributed by atoms with Crippen molar-refractivity contribution in [2.75, 3.05) is 0 Å². The van der Waals surface area contributed by atoms with Crippen molar-refractivity contribution in [2.24, 2.45) is 0 Å². The Kier molecular flexibility index (Phi) is 3.81. The number of rotatable bonds is 5. The van der Waals surface area contributed by atoms with E-state index in [0.717, 1.165) is 13.8 Å². The number of carboxylic acid groups (broad SMARTS) is 2. The fraction of sp³-hybridized carbons (Fsp3) is 0.667. The molecule has 0 fully saturated rings. The van der Waals surface area contributed by atoms with Gasteiger partial charge in [-0.1, -0.05) is 0 Å². The number of hydrogen-bond donors (Lipinski definition) is 2. The largest absolute Gasteiger partial charge is 0.480 e. The molecule has 8 heteroatoms. The van der Waals surface area contributed by atoms with Crippen LogP contribution < -0.4 is 0 Å². The Morgan fingerprint density at radius 1 is 1.21 bits per heavy atom. The number of hydrazine groups is 1. The zero-order valence-electron chi connectivity index (χ0n) is 7.58. The van der Waals surface area contributed by atoms with E-state index in [1.165, 1.54) is 0 Å². The lowest BCUT2D eigenvalue weighted by atomic mass is 10.2. The summed E-state index contributed by atoms with van der Waals surface area (Å²) >= 11 is 0. The molecule has 0 aliphatic heterocycles. The number of carboxylic acids is 2. The number of nitrogens with zero attached hydrogens (tertiary/aromatic N) is 2. The van der Waals surface area contributed by atoms with Gasteiger partial charge in [0.1, 0.15) is 0 Å². The van der Waals surface area contributed by atoms with E-state index in [1.54, 1.807) is 0 Å². The summed E-state index contributed by atoms with van der Waals surface area (Å²) in [6.07, 6.45) is 0. The highest BCUT2D eigenvalue weighted by atomic mass is 16.7. The summed E-state index contributed by atoms with van der Waals surface area (Å²) in [4.78, 5) is 31.3. The van der Waals surface area contributed by atoms with Crippen molar-refractivity contribution < 1.29 is 24.8 Å². The molecule has 80 valence electrons. The fourth-order valence-corrected chi connectivity index (χ4v) is 0.845. The average Bonchev–Trinajstić information content (AvgIpc) is 2.03. The molecule has 0 bridgehead atoms.